The van der Waals surface area contributed by atoms with Crippen LogP contribution >= 0.6 is 0 Å². The van der Waals surface area contributed by atoms with E-state index in [1.807, 2.05) is 10.6 Å². The molecule has 0 radical (unpaired) electrons. The van der Waals surface area contributed by atoms with E-state index in [2.05, 4.69) is 34.9 Å². The third-order valence-electron chi connectivity index (χ3n) is 3.88. The average Bonchev–Trinajstić information content (AvgIpc) is 2.93. The SMILES string of the molecule is Fc1cnc(N2CCCN(c3nccn4cnnc34)CC2)nc1. The number of aromatic nitrogens is 6. The van der Waals surface area contributed by atoms with Gasteiger partial charge in [0.15, 0.2) is 11.6 Å². The highest BCUT2D eigenvalue weighted by Gasteiger charge is 2.20. The van der Waals surface area contributed by atoms with Crippen LogP contribution in [0.1, 0.15) is 6.42 Å². The highest BCUT2D eigenvalue weighted by atomic mass is 19.1. The van der Waals surface area contributed by atoms with E-state index in [9.17, 15) is 4.39 Å². The molecule has 0 saturated carbocycles. The first-order valence-corrected chi connectivity index (χ1v) is 7.43. The molecule has 8 nitrogen and oxygen atoms in total. The fourth-order valence-electron chi connectivity index (χ4n) is 2.77. The third-order valence-corrected chi connectivity index (χ3v) is 3.88. The summed E-state index contributed by atoms with van der Waals surface area (Å²) >= 11 is 0. The van der Waals surface area contributed by atoms with E-state index in [1.54, 1.807) is 12.5 Å². The van der Waals surface area contributed by atoms with Crippen molar-refractivity contribution in [3.05, 3.63) is 36.9 Å². The molecule has 0 aliphatic carbocycles. The van der Waals surface area contributed by atoms with Crippen LogP contribution in [0, 0.1) is 5.82 Å². The Morgan fingerprint density at radius 3 is 2.61 bits per heavy atom. The molecule has 118 valence electrons. The molecule has 1 aliphatic heterocycles. The monoisotopic (exact) mass is 314 g/mol. The van der Waals surface area contributed by atoms with Crippen LogP contribution in [-0.4, -0.2) is 55.7 Å². The van der Waals surface area contributed by atoms with Crippen molar-refractivity contribution in [1.29, 1.82) is 0 Å². The smallest absolute Gasteiger partial charge is 0.225 e. The average molecular weight is 314 g/mol. The number of halogens is 1. The molecule has 0 amide bonds. The Balaban J connectivity index is 1.55. The molecular formula is C14H15FN8. The maximum Gasteiger partial charge on any atom is 0.225 e. The molecule has 0 aromatic carbocycles. The van der Waals surface area contributed by atoms with Gasteiger partial charge in [0, 0.05) is 38.6 Å². The van der Waals surface area contributed by atoms with Crippen LogP contribution in [-0.2, 0) is 0 Å². The van der Waals surface area contributed by atoms with Gasteiger partial charge in [0.05, 0.1) is 12.4 Å². The summed E-state index contributed by atoms with van der Waals surface area (Å²) in [6.07, 6.45) is 8.56. The zero-order chi connectivity index (χ0) is 15.6. The Labute approximate surface area is 131 Å². The minimum absolute atomic E-state index is 0.423. The predicted molar refractivity (Wildman–Crippen MR) is 81.8 cm³/mol. The fourth-order valence-corrected chi connectivity index (χ4v) is 2.77. The van der Waals surface area contributed by atoms with Crippen molar-refractivity contribution in [2.45, 2.75) is 6.42 Å². The van der Waals surface area contributed by atoms with Crippen molar-refractivity contribution in [2.24, 2.45) is 0 Å². The van der Waals surface area contributed by atoms with Gasteiger partial charge in [0.1, 0.15) is 6.33 Å². The van der Waals surface area contributed by atoms with Gasteiger partial charge in [-0.05, 0) is 6.42 Å². The lowest BCUT2D eigenvalue weighted by Crippen LogP contribution is -2.32. The molecule has 1 aliphatic rings. The van der Waals surface area contributed by atoms with Crippen molar-refractivity contribution in [3.63, 3.8) is 0 Å². The summed E-state index contributed by atoms with van der Waals surface area (Å²) in [6.45, 7) is 3.18. The highest BCUT2D eigenvalue weighted by molar-refractivity contribution is 5.63. The Bertz CT molecular complexity index is 802. The first kappa shape index (κ1) is 13.8. The van der Waals surface area contributed by atoms with Gasteiger partial charge in [-0.3, -0.25) is 4.40 Å². The van der Waals surface area contributed by atoms with Crippen molar-refractivity contribution in [1.82, 2.24) is 29.5 Å². The van der Waals surface area contributed by atoms with E-state index in [1.165, 1.54) is 12.4 Å². The third kappa shape index (κ3) is 2.65. The molecule has 4 rings (SSSR count). The zero-order valence-corrected chi connectivity index (χ0v) is 12.4. The van der Waals surface area contributed by atoms with Crippen LogP contribution in [0.5, 0.6) is 0 Å². The number of hydrogen-bond donors (Lipinski definition) is 0. The number of hydrogen-bond acceptors (Lipinski definition) is 7. The highest BCUT2D eigenvalue weighted by Crippen LogP contribution is 2.19. The maximum absolute atomic E-state index is 13.0. The molecule has 1 fully saturated rings. The molecule has 1 saturated heterocycles. The molecule has 0 N–H and O–H groups in total. The summed E-state index contributed by atoms with van der Waals surface area (Å²) < 4.78 is 14.8. The van der Waals surface area contributed by atoms with E-state index in [4.69, 9.17) is 0 Å². The minimum atomic E-state index is -0.423. The van der Waals surface area contributed by atoms with Crippen LogP contribution in [0.4, 0.5) is 16.2 Å². The molecule has 0 atom stereocenters. The van der Waals surface area contributed by atoms with E-state index < -0.39 is 5.82 Å². The Kier molecular flexibility index (Phi) is 3.45. The second-order valence-electron chi connectivity index (χ2n) is 5.34. The molecule has 0 unspecified atom stereocenters. The van der Waals surface area contributed by atoms with Crippen LogP contribution in [0.15, 0.2) is 31.1 Å². The lowest BCUT2D eigenvalue weighted by atomic mass is 10.4. The topological polar surface area (TPSA) is 75.3 Å². The fraction of sp³-hybridized carbons (Fsp3) is 0.357. The lowest BCUT2D eigenvalue weighted by Gasteiger charge is -2.22. The van der Waals surface area contributed by atoms with Gasteiger partial charge >= 0.3 is 0 Å². The molecule has 9 heteroatoms. The number of anilines is 2. The van der Waals surface area contributed by atoms with Gasteiger partial charge in [-0.2, -0.15) is 0 Å². The molecule has 23 heavy (non-hydrogen) atoms. The van der Waals surface area contributed by atoms with Crippen molar-refractivity contribution in [2.75, 3.05) is 36.0 Å². The summed E-state index contributed by atoms with van der Waals surface area (Å²) in [5.74, 6) is 0.960. The molecule has 0 spiro atoms. The predicted octanol–water partition coefficient (Wildman–Crippen LogP) is 0.770. The van der Waals surface area contributed by atoms with Gasteiger partial charge in [-0.25, -0.2) is 19.3 Å². The van der Waals surface area contributed by atoms with Crippen molar-refractivity contribution >= 4 is 17.4 Å². The number of nitrogens with zero attached hydrogens (tertiary/aromatic N) is 8. The first-order chi connectivity index (χ1) is 11.3. The summed E-state index contributed by atoms with van der Waals surface area (Å²) in [5, 5.41) is 8.07. The molecular weight excluding hydrogens is 299 g/mol. The zero-order valence-electron chi connectivity index (χ0n) is 12.4. The van der Waals surface area contributed by atoms with Gasteiger partial charge in [0.2, 0.25) is 11.6 Å². The van der Waals surface area contributed by atoms with Crippen LogP contribution in [0.3, 0.4) is 0 Å². The standard InChI is InChI=1S/C14H15FN8/c15-11-8-17-14(18-9-11)22-4-1-3-21(6-7-22)12-13-20-19-10-23(13)5-2-16-12/h2,5,8-10H,1,3-4,6-7H2. The van der Waals surface area contributed by atoms with E-state index >= 15 is 0 Å². The molecule has 0 bridgehead atoms. The number of fused-ring (bicyclic) bond motifs is 1. The van der Waals surface area contributed by atoms with E-state index in [0.29, 0.717) is 5.95 Å². The second-order valence-corrected chi connectivity index (χ2v) is 5.34. The minimum Gasteiger partial charge on any atom is -0.352 e. The maximum atomic E-state index is 13.0. The molecule has 3 aromatic rings. The number of rotatable bonds is 2. The van der Waals surface area contributed by atoms with Gasteiger partial charge in [-0.1, -0.05) is 0 Å². The molecule has 3 aromatic heterocycles. The summed E-state index contributed by atoms with van der Waals surface area (Å²) in [5.41, 5.74) is 0.749. The van der Waals surface area contributed by atoms with E-state index in [-0.39, 0.29) is 0 Å². The Morgan fingerprint density at radius 2 is 1.74 bits per heavy atom. The van der Waals surface area contributed by atoms with Crippen LogP contribution in [0.25, 0.3) is 5.65 Å². The largest absolute Gasteiger partial charge is 0.352 e. The Morgan fingerprint density at radius 1 is 0.957 bits per heavy atom. The molecule has 4 heterocycles. The van der Waals surface area contributed by atoms with Crippen molar-refractivity contribution in [3.8, 4) is 0 Å². The van der Waals surface area contributed by atoms with Crippen LogP contribution in [0.2, 0.25) is 0 Å². The second kappa shape index (κ2) is 5.75. The van der Waals surface area contributed by atoms with Crippen molar-refractivity contribution < 1.29 is 4.39 Å². The summed E-state index contributed by atoms with van der Waals surface area (Å²) in [6, 6.07) is 0. The van der Waals surface area contributed by atoms with E-state index in [0.717, 1.165) is 44.1 Å². The van der Waals surface area contributed by atoms with Crippen LogP contribution < -0.4 is 9.80 Å². The van der Waals surface area contributed by atoms with Gasteiger partial charge < -0.3 is 9.80 Å². The quantitative estimate of drug-likeness (QED) is 0.691. The lowest BCUT2D eigenvalue weighted by molar-refractivity contribution is 0.611. The summed E-state index contributed by atoms with van der Waals surface area (Å²) in [4.78, 5) is 16.8. The van der Waals surface area contributed by atoms with Gasteiger partial charge in [0.25, 0.3) is 0 Å². The Hall–Kier alpha value is -2.84. The van der Waals surface area contributed by atoms with Gasteiger partial charge in [-0.15, -0.1) is 10.2 Å². The normalized spacial score (nSPS) is 15.9. The first-order valence-electron chi connectivity index (χ1n) is 7.43. The summed E-state index contributed by atoms with van der Waals surface area (Å²) in [7, 11) is 0.